The van der Waals surface area contributed by atoms with E-state index in [0.717, 1.165) is 6.54 Å². The van der Waals surface area contributed by atoms with E-state index in [2.05, 4.69) is 41.7 Å². The van der Waals surface area contributed by atoms with Gasteiger partial charge in [-0.1, -0.05) is 41.9 Å². The summed E-state index contributed by atoms with van der Waals surface area (Å²) in [6.45, 7) is 5.47. The van der Waals surface area contributed by atoms with Gasteiger partial charge in [-0.25, -0.2) is 0 Å². The van der Waals surface area contributed by atoms with Crippen LogP contribution >= 0.6 is 0 Å². The molecular formula is C12H19N3O. The molecule has 1 aromatic carbocycles. The zero-order valence-corrected chi connectivity index (χ0v) is 9.77. The van der Waals surface area contributed by atoms with Crippen LogP contribution in [0.4, 0.5) is 0 Å². The van der Waals surface area contributed by atoms with E-state index >= 15 is 0 Å². The van der Waals surface area contributed by atoms with Crippen LogP contribution in [-0.2, 0) is 6.54 Å². The van der Waals surface area contributed by atoms with E-state index in [9.17, 15) is 0 Å². The van der Waals surface area contributed by atoms with E-state index < -0.39 is 0 Å². The molecule has 0 aromatic heterocycles. The summed E-state index contributed by atoms with van der Waals surface area (Å²) in [6.07, 6.45) is 0. The summed E-state index contributed by atoms with van der Waals surface area (Å²) >= 11 is 0. The number of hydrogen-bond acceptors (Lipinski definition) is 3. The lowest BCUT2D eigenvalue weighted by atomic mass is 10.1. The first kappa shape index (κ1) is 12.5. The van der Waals surface area contributed by atoms with Crippen molar-refractivity contribution < 1.29 is 5.21 Å². The summed E-state index contributed by atoms with van der Waals surface area (Å²) in [5.74, 6) is 0.298. The van der Waals surface area contributed by atoms with Gasteiger partial charge >= 0.3 is 0 Å². The molecule has 0 amide bonds. The summed E-state index contributed by atoms with van der Waals surface area (Å²) in [6, 6.07) is 8.36. The maximum absolute atomic E-state index is 8.49. The van der Waals surface area contributed by atoms with Gasteiger partial charge in [-0.15, -0.1) is 0 Å². The van der Waals surface area contributed by atoms with Crippen molar-refractivity contribution in [2.45, 2.75) is 20.4 Å². The van der Waals surface area contributed by atoms with Crippen LogP contribution in [0.25, 0.3) is 0 Å². The normalized spacial score (nSPS) is 13.8. The molecule has 0 aliphatic rings. The molecule has 0 saturated carbocycles. The van der Waals surface area contributed by atoms with Crippen LogP contribution in [0.2, 0.25) is 0 Å². The fraction of sp³-hybridized carbons (Fsp3) is 0.417. The van der Waals surface area contributed by atoms with Gasteiger partial charge in [0.15, 0.2) is 0 Å². The number of benzene rings is 1. The minimum atomic E-state index is 0.0375. The largest absolute Gasteiger partial charge is 0.409 e. The number of amidine groups is 1. The van der Waals surface area contributed by atoms with Crippen molar-refractivity contribution in [3.63, 3.8) is 0 Å². The number of aryl methyl sites for hydroxylation is 1. The van der Waals surface area contributed by atoms with Gasteiger partial charge in [0.1, 0.15) is 5.84 Å². The van der Waals surface area contributed by atoms with Crippen LogP contribution in [0.15, 0.2) is 29.4 Å². The summed E-state index contributed by atoms with van der Waals surface area (Å²) in [7, 11) is 0. The molecule has 0 aliphatic heterocycles. The smallest absolute Gasteiger partial charge is 0.143 e. The number of nitrogens with zero attached hydrogens (tertiary/aromatic N) is 1. The topological polar surface area (TPSA) is 70.6 Å². The quantitative estimate of drug-likeness (QED) is 0.305. The van der Waals surface area contributed by atoms with Crippen molar-refractivity contribution in [2.24, 2.45) is 16.8 Å². The second-order valence-corrected chi connectivity index (χ2v) is 4.04. The summed E-state index contributed by atoms with van der Waals surface area (Å²) in [4.78, 5) is 0. The van der Waals surface area contributed by atoms with Crippen LogP contribution in [0.5, 0.6) is 0 Å². The number of oxime groups is 1. The minimum absolute atomic E-state index is 0.0375. The van der Waals surface area contributed by atoms with E-state index in [1.165, 1.54) is 11.1 Å². The van der Waals surface area contributed by atoms with Crippen LogP contribution < -0.4 is 11.1 Å². The highest BCUT2D eigenvalue weighted by atomic mass is 16.4. The third-order valence-electron chi connectivity index (χ3n) is 2.52. The van der Waals surface area contributed by atoms with E-state index in [4.69, 9.17) is 10.9 Å². The molecule has 88 valence electrons. The second-order valence-electron chi connectivity index (χ2n) is 4.04. The number of hydrogen-bond donors (Lipinski definition) is 3. The van der Waals surface area contributed by atoms with Crippen molar-refractivity contribution in [3.05, 3.63) is 35.4 Å². The lowest BCUT2D eigenvalue weighted by molar-refractivity contribution is 0.314. The van der Waals surface area contributed by atoms with Gasteiger partial charge in [0, 0.05) is 19.0 Å². The molecule has 0 spiro atoms. The van der Waals surface area contributed by atoms with Gasteiger partial charge in [0.2, 0.25) is 0 Å². The zero-order chi connectivity index (χ0) is 12.0. The molecule has 1 rings (SSSR count). The van der Waals surface area contributed by atoms with Crippen molar-refractivity contribution in [3.8, 4) is 0 Å². The van der Waals surface area contributed by atoms with Gasteiger partial charge in [0.05, 0.1) is 0 Å². The molecule has 0 radical (unpaired) electrons. The highest BCUT2D eigenvalue weighted by molar-refractivity contribution is 5.82. The molecule has 4 nitrogen and oxygen atoms in total. The Morgan fingerprint density at radius 1 is 1.44 bits per heavy atom. The van der Waals surface area contributed by atoms with Gasteiger partial charge in [-0.3, -0.25) is 0 Å². The molecule has 0 bridgehead atoms. The van der Waals surface area contributed by atoms with Crippen molar-refractivity contribution in [1.29, 1.82) is 0 Å². The molecule has 1 unspecified atom stereocenters. The van der Waals surface area contributed by atoms with E-state index in [1.54, 1.807) is 0 Å². The highest BCUT2D eigenvalue weighted by Gasteiger charge is 2.06. The van der Waals surface area contributed by atoms with Crippen LogP contribution in [0.1, 0.15) is 18.1 Å². The highest BCUT2D eigenvalue weighted by Crippen LogP contribution is 2.02. The van der Waals surface area contributed by atoms with Gasteiger partial charge in [-0.05, 0) is 12.5 Å². The zero-order valence-electron chi connectivity index (χ0n) is 9.77. The first-order valence-corrected chi connectivity index (χ1v) is 5.37. The molecule has 4 N–H and O–H groups in total. The van der Waals surface area contributed by atoms with Crippen molar-refractivity contribution in [2.75, 3.05) is 6.54 Å². The van der Waals surface area contributed by atoms with E-state index in [-0.39, 0.29) is 11.8 Å². The first-order valence-electron chi connectivity index (χ1n) is 5.37. The molecular weight excluding hydrogens is 202 g/mol. The average Bonchev–Trinajstić information content (AvgIpc) is 2.30. The van der Waals surface area contributed by atoms with Crippen LogP contribution in [-0.4, -0.2) is 17.6 Å². The lowest BCUT2D eigenvalue weighted by Crippen LogP contribution is -2.31. The Balaban J connectivity index is 2.33. The first-order chi connectivity index (χ1) is 7.63. The van der Waals surface area contributed by atoms with Gasteiger partial charge in [0.25, 0.3) is 0 Å². The molecule has 0 aliphatic carbocycles. The predicted octanol–water partition coefficient (Wildman–Crippen LogP) is 1.47. The molecule has 0 heterocycles. The minimum Gasteiger partial charge on any atom is -0.409 e. The average molecular weight is 221 g/mol. The van der Waals surface area contributed by atoms with Crippen LogP contribution in [0, 0.1) is 12.8 Å². The maximum atomic E-state index is 8.49. The number of rotatable bonds is 5. The van der Waals surface area contributed by atoms with Gasteiger partial charge < -0.3 is 16.3 Å². The third kappa shape index (κ3) is 3.90. The monoisotopic (exact) mass is 221 g/mol. The lowest BCUT2D eigenvalue weighted by Gasteiger charge is -2.10. The van der Waals surface area contributed by atoms with Crippen LogP contribution in [0.3, 0.4) is 0 Å². The van der Waals surface area contributed by atoms with E-state index in [0.29, 0.717) is 6.54 Å². The Kier molecular flexibility index (Phi) is 4.79. The molecule has 0 saturated heterocycles. The molecule has 0 fully saturated rings. The molecule has 16 heavy (non-hydrogen) atoms. The predicted molar refractivity (Wildman–Crippen MR) is 65.5 cm³/mol. The summed E-state index contributed by atoms with van der Waals surface area (Å²) in [5, 5.41) is 14.7. The van der Waals surface area contributed by atoms with E-state index in [1.807, 2.05) is 6.92 Å². The number of nitrogens with one attached hydrogen (secondary N) is 1. The molecule has 1 atom stereocenters. The fourth-order valence-electron chi connectivity index (χ4n) is 1.34. The summed E-state index contributed by atoms with van der Waals surface area (Å²) < 4.78 is 0. The Morgan fingerprint density at radius 2 is 2.06 bits per heavy atom. The SMILES string of the molecule is Cc1ccc(CNCC(C)C(N)=NO)cc1. The molecule has 4 heteroatoms. The standard InChI is InChI=1S/C12H19N3O/c1-9-3-5-11(6-4-9)8-14-7-10(2)12(13)15-16/h3-6,10,14,16H,7-8H2,1-2H3,(H2,13,15). The van der Waals surface area contributed by atoms with Crippen molar-refractivity contribution in [1.82, 2.24) is 5.32 Å². The summed E-state index contributed by atoms with van der Waals surface area (Å²) in [5.41, 5.74) is 7.97. The fourth-order valence-corrected chi connectivity index (χ4v) is 1.34. The Hall–Kier alpha value is -1.55. The Morgan fingerprint density at radius 3 is 2.62 bits per heavy atom. The third-order valence-corrected chi connectivity index (χ3v) is 2.52. The Bertz CT molecular complexity index is 346. The maximum Gasteiger partial charge on any atom is 0.143 e. The Labute approximate surface area is 96.2 Å². The second kappa shape index (κ2) is 6.12. The molecule has 1 aromatic rings. The van der Waals surface area contributed by atoms with Crippen molar-refractivity contribution >= 4 is 5.84 Å². The van der Waals surface area contributed by atoms with Gasteiger partial charge in [-0.2, -0.15) is 0 Å². The number of nitrogens with two attached hydrogens (primary N) is 1.